The molecule has 100 valence electrons. The fourth-order valence-corrected chi connectivity index (χ4v) is 2.59. The Morgan fingerprint density at radius 1 is 1.26 bits per heavy atom. The Labute approximate surface area is 116 Å². The first kappa shape index (κ1) is 13.7. The molecule has 1 N–H and O–H groups in total. The van der Waals surface area contributed by atoms with Gasteiger partial charge in [0.25, 0.3) is 0 Å². The molecule has 0 saturated carbocycles. The summed E-state index contributed by atoms with van der Waals surface area (Å²) in [6.07, 6.45) is 1.42. The molecule has 0 aliphatic rings. The highest BCUT2D eigenvalue weighted by Crippen LogP contribution is 2.26. The number of benzene rings is 1. The first-order chi connectivity index (χ1) is 9.08. The van der Waals surface area contributed by atoms with Crippen molar-refractivity contribution < 1.29 is 14.3 Å². The van der Waals surface area contributed by atoms with E-state index in [1.807, 2.05) is 0 Å². The van der Waals surface area contributed by atoms with E-state index in [1.165, 1.54) is 17.9 Å². The van der Waals surface area contributed by atoms with Crippen LogP contribution in [0, 0.1) is 0 Å². The third-order valence-electron chi connectivity index (χ3n) is 2.89. The zero-order valence-corrected chi connectivity index (χ0v) is 11.7. The molecule has 0 amide bonds. The molecule has 19 heavy (non-hydrogen) atoms. The number of furan rings is 1. The summed E-state index contributed by atoms with van der Waals surface area (Å²) in [7, 11) is 0. The SMILES string of the molecule is CC(C)c1ccc(SCc2occc2C(=O)O)cc1. The molecular weight excluding hydrogens is 260 g/mol. The van der Waals surface area contributed by atoms with Crippen molar-refractivity contribution in [1.29, 1.82) is 0 Å². The maximum Gasteiger partial charge on any atom is 0.339 e. The minimum Gasteiger partial charge on any atom is -0.478 e. The lowest BCUT2D eigenvalue weighted by Gasteiger charge is -2.06. The molecule has 0 saturated heterocycles. The molecule has 0 bridgehead atoms. The van der Waals surface area contributed by atoms with Crippen LogP contribution in [0.25, 0.3) is 0 Å². The van der Waals surface area contributed by atoms with Crippen LogP contribution in [0.3, 0.4) is 0 Å². The minimum atomic E-state index is -0.945. The van der Waals surface area contributed by atoms with Crippen LogP contribution in [0.1, 0.15) is 41.4 Å². The van der Waals surface area contributed by atoms with Gasteiger partial charge >= 0.3 is 5.97 Å². The average Bonchev–Trinajstić information content (AvgIpc) is 2.85. The van der Waals surface area contributed by atoms with Crippen molar-refractivity contribution in [1.82, 2.24) is 0 Å². The Hall–Kier alpha value is -1.68. The second-order valence-electron chi connectivity index (χ2n) is 4.58. The van der Waals surface area contributed by atoms with Crippen LogP contribution in [-0.4, -0.2) is 11.1 Å². The first-order valence-electron chi connectivity index (χ1n) is 6.10. The van der Waals surface area contributed by atoms with Crippen LogP contribution in [0.2, 0.25) is 0 Å². The van der Waals surface area contributed by atoms with Gasteiger partial charge in [-0.15, -0.1) is 11.8 Å². The number of hydrogen-bond acceptors (Lipinski definition) is 3. The third kappa shape index (κ3) is 3.41. The van der Waals surface area contributed by atoms with Gasteiger partial charge in [-0.1, -0.05) is 26.0 Å². The summed E-state index contributed by atoms with van der Waals surface area (Å²) in [5, 5.41) is 8.98. The van der Waals surface area contributed by atoms with E-state index in [9.17, 15) is 4.79 Å². The van der Waals surface area contributed by atoms with Gasteiger partial charge in [-0.2, -0.15) is 0 Å². The molecule has 0 atom stereocenters. The zero-order chi connectivity index (χ0) is 13.8. The van der Waals surface area contributed by atoms with Gasteiger partial charge in [0.2, 0.25) is 0 Å². The van der Waals surface area contributed by atoms with Gasteiger partial charge in [0.05, 0.1) is 12.0 Å². The number of carboxylic acids is 1. The van der Waals surface area contributed by atoms with Crippen molar-refractivity contribution in [2.45, 2.75) is 30.4 Å². The Bertz CT molecular complexity index is 555. The highest BCUT2D eigenvalue weighted by Gasteiger charge is 2.13. The quantitative estimate of drug-likeness (QED) is 0.823. The fraction of sp³-hybridized carbons (Fsp3) is 0.267. The number of carbonyl (C=O) groups is 1. The van der Waals surface area contributed by atoms with Crippen molar-refractivity contribution in [2.24, 2.45) is 0 Å². The summed E-state index contributed by atoms with van der Waals surface area (Å²) < 4.78 is 5.21. The van der Waals surface area contributed by atoms with E-state index in [-0.39, 0.29) is 5.56 Å². The molecule has 1 heterocycles. The van der Waals surface area contributed by atoms with Gasteiger partial charge in [-0.3, -0.25) is 0 Å². The van der Waals surface area contributed by atoms with Crippen molar-refractivity contribution >= 4 is 17.7 Å². The molecule has 1 aromatic heterocycles. The van der Waals surface area contributed by atoms with Crippen LogP contribution >= 0.6 is 11.8 Å². The molecular formula is C15H16O3S. The number of thioether (sulfide) groups is 1. The smallest absolute Gasteiger partial charge is 0.339 e. The van der Waals surface area contributed by atoms with Crippen LogP contribution < -0.4 is 0 Å². The summed E-state index contributed by atoms with van der Waals surface area (Å²) in [4.78, 5) is 12.1. The van der Waals surface area contributed by atoms with Crippen molar-refractivity contribution in [3.05, 3.63) is 53.5 Å². The molecule has 0 spiro atoms. The molecule has 2 aromatic rings. The summed E-state index contributed by atoms with van der Waals surface area (Å²) >= 11 is 1.57. The van der Waals surface area contributed by atoms with Gasteiger partial charge in [0, 0.05) is 4.90 Å². The topological polar surface area (TPSA) is 50.4 Å². The summed E-state index contributed by atoms with van der Waals surface area (Å²) in [5.74, 6) is 0.600. The lowest BCUT2D eigenvalue weighted by atomic mass is 10.0. The third-order valence-corrected chi connectivity index (χ3v) is 3.90. The predicted octanol–water partition coefficient (Wildman–Crippen LogP) is 4.39. The Balaban J connectivity index is 2.02. The molecule has 0 aliphatic carbocycles. The number of carboxylic acid groups (broad SMARTS) is 1. The van der Waals surface area contributed by atoms with Gasteiger partial charge in [0.1, 0.15) is 11.3 Å². The minimum absolute atomic E-state index is 0.242. The average molecular weight is 276 g/mol. The van der Waals surface area contributed by atoms with Gasteiger partial charge < -0.3 is 9.52 Å². The molecule has 4 heteroatoms. The van der Waals surface area contributed by atoms with Crippen LogP contribution in [0.4, 0.5) is 0 Å². The van der Waals surface area contributed by atoms with E-state index in [0.29, 0.717) is 17.4 Å². The first-order valence-corrected chi connectivity index (χ1v) is 7.09. The molecule has 0 fully saturated rings. The van der Waals surface area contributed by atoms with E-state index < -0.39 is 5.97 Å². The second-order valence-corrected chi connectivity index (χ2v) is 5.62. The van der Waals surface area contributed by atoms with E-state index in [2.05, 4.69) is 38.1 Å². The summed E-state index contributed by atoms with van der Waals surface area (Å²) in [6, 6.07) is 9.81. The van der Waals surface area contributed by atoms with Crippen molar-refractivity contribution in [3.63, 3.8) is 0 Å². The molecule has 2 rings (SSSR count). The molecule has 0 aliphatic heterocycles. The van der Waals surface area contributed by atoms with Crippen molar-refractivity contribution in [3.8, 4) is 0 Å². The highest BCUT2D eigenvalue weighted by molar-refractivity contribution is 7.98. The van der Waals surface area contributed by atoms with E-state index in [1.54, 1.807) is 11.8 Å². The highest BCUT2D eigenvalue weighted by atomic mass is 32.2. The van der Waals surface area contributed by atoms with Gasteiger partial charge in [0.15, 0.2) is 0 Å². The maximum atomic E-state index is 10.9. The predicted molar refractivity (Wildman–Crippen MR) is 75.8 cm³/mol. The number of hydrogen-bond donors (Lipinski definition) is 1. The van der Waals surface area contributed by atoms with Crippen LogP contribution in [-0.2, 0) is 5.75 Å². The number of rotatable bonds is 5. The van der Waals surface area contributed by atoms with Crippen molar-refractivity contribution in [2.75, 3.05) is 0 Å². The number of aromatic carboxylic acids is 1. The normalized spacial score (nSPS) is 10.9. The second kappa shape index (κ2) is 5.97. The molecule has 1 aromatic carbocycles. The van der Waals surface area contributed by atoms with Gasteiger partial charge in [-0.05, 0) is 29.7 Å². The largest absolute Gasteiger partial charge is 0.478 e. The monoisotopic (exact) mass is 276 g/mol. The van der Waals surface area contributed by atoms with E-state index in [4.69, 9.17) is 9.52 Å². The van der Waals surface area contributed by atoms with Crippen LogP contribution in [0.15, 0.2) is 45.9 Å². The Morgan fingerprint density at radius 3 is 2.53 bits per heavy atom. The van der Waals surface area contributed by atoms with E-state index in [0.717, 1.165) is 4.90 Å². The lowest BCUT2D eigenvalue weighted by molar-refractivity contribution is 0.0695. The van der Waals surface area contributed by atoms with E-state index >= 15 is 0 Å². The Kier molecular flexibility index (Phi) is 4.32. The summed E-state index contributed by atoms with van der Waals surface area (Å²) in [5.41, 5.74) is 1.54. The maximum absolute atomic E-state index is 10.9. The summed E-state index contributed by atoms with van der Waals surface area (Å²) in [6.45, 7) is 4.31. The van der Waals surface area contributed by atoms with Crippen LogP contribution in [0.5, 0.6) is 0 Å². The lowest BCUT2D eigenvalue weighted by Crippen LogP contribution is -1.97. The fourth-order valence-electron chi connectivity index (χ4n) is 1.74. The molecule has 0 unspecified atom stereocenters. The van der Waals surface area contributed by atoms with Gasteiger partial charge in [-0.25, -0.2) is 4.79 Å². The standard InChI is InChI=1S/C15H16O3S/c1-10(2)11-3-5-12(6-4-11)19-9-14-13(15(16)17)7-8-18-14/h3-8,10H,9H2,1-2H3,(H,16,17). The Morgan fingerprint density at radius 2 is 1.95 bits per heavy atom. The molecule has 0 radical (unpaired) electrons. The molecule has 3 nitrogen and oxygen atoms in total. The zero-order valence-electron chi connectivity index (χ0n) is 10.9.